The van der Waals surface area contributed by atoms with E-state index in [1.165, 1.54) is 0 Å². The third-order valence-corrected chi connectivity index (χ3v) is 4.04. The van der Waals surface area contributed by atoms with E-state index in [2.05, 4.69) is 31.2 Å². The molecule has 1 aliphatic rings. The van der Waals surface area contributed by atoms with Crippen LogP contribution < -0.4 is 5.32 Å². The lowest BCUT2D eigenvalue weighted by Crippen LogP contribution is -2.37. The Balaban J connectivity index is 1.96. The first-order chi connectivity index (χ1) is 10.1. The monoisotopic (exact) mass is 289 g/mol. The minimum absolute atomic E-state index is 0.169. The van der Waals surface area contributed by atoms with Crippen LogP contribution in [0.5, 0.6) is 0 Å². The molecule has 0 saturated carbocycles. The normalized spacial score (nSPS) is 22.3. The van der Waals surface area contributed by atoms with Gasteiger partial charge in [0.15, 0.2) is 0 Å². The molecule has 1 aromatic rings. The van der Waals surface area contributed by atoms with E-state index in [0.29, 0.717) is 0 Å². The van der Waals surface area contributed by atoms with Crippen LogP contribution in [0.3, 0.4) is 0 Å². The molecular formula is C17H27N3O. The molecule has 1 aliphatic heterocycles. The van der Waals surface area contributed by atoms with Crippen molar-refractivity contribution in [2.24, 2.45) is 0 Å². The molecule has 1 saturated heterocycles. The van der Waals surface area contributed by atoms with E-state index in [4.69, 9.17) is 0 Å². The Bertz CT molecular complexity index is 447. The first kappa shape index (κ1) is 16.0. The lowest BCUT2D eigenvalue weighted by molar-refractivity contribution is -0.130. The van der Waals surface area contributed by atoms with Gasteiger partial charge in [-0.05, 0) is 45.5 Å². The molecule has 0 aliphatic carbocycles. The summed E-state index contributed by atoms with van der Waals surface area (Å²) in [6.45, 7) is 4.06. The average molecular weight is 289 g/mol. The van der Waals surface area contributed by atoms with Gasteiger partial charge in [-0.2, -0.15) is 0 Å². The molecule has 2 unspecified atom stereocenters. The molecule has 1 heterocycles. The molecule has 0 radical (unpaired) electrons. The number of hydrogen-bond acceptors (Lipinski definition) is 3. The third-order valence-electron chi connectivity index (χ3n) is 4.04. The largest absolute Gasteiger partial charge is 0.325 e. The number of carbonyl (C=O) groups is 1. The first-order valence-electron chi connectivity index (χ1n) is 7.89. The Morgan fingerprint density at radius 1 is 1.19 bits per heavy atom. The van der Waals surface area contributed by atoms with Gasteiger partial charge in [0.05, 0.1) is 6.17 Å². The smallest absolute Gasteiger partial charge is 0.245 e. The standard InChI is InChI=1S/C17H27N3O/c1-4-15-18-16(14-10-6-5-7-11-14)17(21)20(15)13-9-8-12-19(2)3/h5-7,10-11,15-16,18H,4,8-9,12-13H2,1-3H3. The van der Waals surface area contributed by atoms with E-state index in [0.717, 1.165) is 37.9 Å². The van der Waals surface area contributed by atoms with E-state index in [1.807, 2.05) is 35.2 Å². The van der Waals surface area contributed by atoms with Crippen LogP contribution in [0.2, 0.25) is 0 Å². The van der Waals surface area contributed by atoms with Crippen LogP contribution in [0.4, 0.5) is 0 Å². The molecule has 0 spiro atoms. The van der Waals surface area contributed by atoms with Gasteiger partial charge < -0.3 is 9.80 Å². The van der Waals surface area contributed by atoms with E-state index in [9.17, 15) is 4.79 Å². The van der Waals surface area contributed by atoms with Gasteiger partial charge in [0.1, 0.15) is 6.04 Å². The topological polar surface area (TPSA) is 35.6 Å². The summed E-state index contributed by atoms with van der Waals surface area (Å²) in [7, 11) is 4.17. The maximum atomic E-state index is 12.7. The molecular weight excluding hydrogens is 262 g/mol. The second kappa shape index (κ2) is 7.57. The summed E-state index contributed by atoms with van der Waals surface area (Å²) < 4.78 is 0. The predicted molar refractivity (Wildman–Crippen MR) is 85.9 cm³/mol. The van der Waals surface area contributed by atoms with Crippen molar-refractivity contribution in [3.05, 3.63) is 35.9 Å². The fourth-order valence-electron chi connectivity index (χ4n) is 2.87. The summed E-state index contributed by atoms with van der Waals surface area (Å²) in [5.74, 6) is 0.220. The van der Waals surface area contributed by atoms with Crippen LogP contribution in [-0.4, -0.2) is 49.1 Å². The first-order valence-corrected chi connectivity index (χ1v) is 7.89. The number of carbonyl (C=O) groups excluding carboxylic acids is 1. The van der Waals surface area contributed by atoms with Gasteiger partial charge in [-0.1, -0.05) is 37.3 Å². The second-order valence-electron chi connectivity index (χ2n) is 5.98. The SMILES string of the molecule is CCC1NC(c2ccccc2)C(=O)N1CCCCN(C)C. The number of amides is 1. The molecule has 4 nitrogen and oxygen atoms in total. The summed E-state index contributed by atoms with van der Waals surface area (Å²) in [5.41, 5.74) is 1.07. The molecule has 21 heavy (non-hydrogen) atoms. The second-order valence-corrected chi connectivity index (χ2v) is 5.98. The highest BCUT2D eigenvalue weighted by Gasteiger charge is 2.38. The number of hydrogen-bond donors (Lipinski definition) is 1. The molecule has 0 aromatic heterocycles. The van der Waals surface area contributed by atoms with Gasteiger partial charge in [-0.25, -0.2) is 0 Å². The Labute approximate surface area is 128 Å². The highest BCUT2D eigenvalue weighted by molar-refractivity contribution is 5.85. The van der Waals surface area contributed by atoms with E-state index < -0.39 is 0 Å². The van der Waals surface area contributed by atoms with Gasteiger partial charge in [-0.3, -0.25) is 10.1 Å². The minimum atomic E-state index is -0.176. The van der Waals surface area contributed by atoms with Crippen LogP contribution in [0.15, 0.2) is 30.3 Å². The minimum Gasteiger partial charge on any atom is -0.325 e. The summed E-state index contributed by atoms with van der Waals surface area (Å²) in [5, 5.41) is 3.47. The van der Waals surface area contributed by atoms with E-state index in [-0.39, 0.29) is 18.1 Å². The van der Waals surface area contributed by atoms with Crippen molar-refractivity contribution in [2.75, 3.05) is 27.2 Å². The Kier molecular flexibility index (Phi) is 5.76. The lowest BCUT2D eigenvalue weighted by atomic mass is 10.1. The van der Waals surface area contributed by atoms with Crippen molar-refractivity contribution in [3.63, 3.8) is 0 Å². The average Bonchev–Trinajstić information content (AvgIpc) is 2.81. The summed E-state index contributed by atoms with van der Waals surface area (Å²) in [6, 6.07) is 9.84. The highest BCUT2D eigenvalue weighted by Crippen LogP contribution is 2.25. The molecule has 1 fully saturated rings. The number of unbranched alkanes of at least 4 members (excludes halogenated alkanes) is 1. The molecule has 1 aromatic carbocycles. The molecule has 4 heteroatoms. The maximum absolute atomic E-state index is 12.7. The van der Waals surface area contributed by atoms with Gasteiger partial charge >= 0.3 is 0 Å². The molecule has 2 atom stereocenters. The van der Waals surface area contributed by atoms with Crippen LogP contribution in [0, 0.1) is 0 Å². The quantitative estimate of drug-likeness (QED) is 0.782. The van der Waals surface area contributed by atoms with E-state index >= 15 is 0 Å². The van der Waals surface area contributed by atoms with Crippen LogP contribution >= 0.6 is 0 Å². The fourth-order valence-corrected chi connectivity index (χ4v) is 2.87. The van der Waals surface area contributed by atoms with Crippen LogP contribution in [0.1, 0.15) is 37.8 Å². The van der Waals surface area contributed by atoms with E-state index in [1.54, 1.807) is 0 Å². The zero-order chi connectivity index (χ0) is 15.2. The number of rotatable bonds is 7. The van der Waals surface area contributed by atoms with Crippen LogP contribution in [0.25, 0.3) is 0 Å². The zero-order valence-electron chi connectivity index (χ0n) is 13.4. The molecule has 116 valence electrons. The number of nitrogens with one attached hydrogen (secondary N) is 1. The van der Waals surface area contributed by atoms with Gasteiger partial charge in [0.2, 0.25) is 5.91 Å². The number of nitrogens with zero attached hydrogens (tertiary/aromatic N) is 2. The molecule has 1 N–H and O–H groups in total. The lowest BCUT2D eigenvalue weighted by Gasteiger charge is -2.23. The van der Waals surface area contributed by atoms with Crippen molar-refractivity contribution >= 4 is 5.91 Å². The van der Waals surface area contributed by atoms with Crippen molar-refractivity contribution in [3.8, 4) is 0 Å². The summed E-state index contributed by atoms with van der Waals surface area (Å²) in [4.78, 5) is 16.9. The highest BCUT2D eigenvalue weighted by atomic mass is 16.2. The Morgan fingerprint density at radius 3 is 2.52 bits per heavy atom. The van der Waals surface area contributed by atoms with Gasteiger partial charge in [-0.15, -0.1) is 0 Å². The van der Waals surface area contributed by atoms with Crippen molar-refractivity contribution in [1.29, 1.82) is 0 Å². The summed E-state index contributed by atoms with van der Waals surface area (Å²) >= 11 is 0. The van der Waals surface area contributed by atoms with Crippen molar-refractivity contribution in [1.82, 2.24) is 15.1 Å². The summed E-state index contributed by atoms with van der Waals surface area (Å²) in [6.07, 6.45) is 3.30. The van der Waals surface area contributed by atoms with Crippen molar-refractivity contribution < 1.29 is 4.79 Å². The maximum Gasteiger partial charge on any atom is 0.245 e. The Morgan fingerprint density at radius 2 is 1.90 bits per heavy atom. The molecule has 0 bridgehead atoms. The third kappa shape index (κ3) is 4.05. The molecule has 2 rings (SSSR count). The van der Waals surface area contributed by atoms with Gasteiger partial charge in [0, 0.05) is 6.54 Å². The predicted octanol–water partition coefficient (Wildman–Crippen LogP) is 2.24. The van der Waals surface area contributed by atoms with Crippen molar-refractivity contribution in [2.45, 2.75) is 38.4 Å². The Hall–Kier alpha value is -1.39. The zero-order valence-corrected chi connectivity index (χ0v) is 13.4. The number of benzene rings is 1. The molecule has 1 amide bonds. The fraction of sp³-hybridized carbons (Fsp3) is 0.588. The van der Waals surface area contributed by atoms with Gasteiger partial charge in [0.25, 0.3) is 0 Å². The van der Waals surface area contributed by atoms with Crippen LogP contribution in [-0.2, 0) is 4.79 Å².